The molecule has 1 aliphatic carbocycles. The molecule has 0 saturated heterocycles. The van der Waals surface area contributed by atoms with Crippen LogP contribution in [0.4, 0.5) is 0 Å². The third kappa shape index (κ3) is 4.75. The summed E-state index contributed by atoms with van der Waals surface area (Å²) >= 11 is 0. The Morgan fingerprint density at radius 3 is 2.61 bits per heavy atom. The van der Waals surface area contributed by atoms with Crippen molar-refractivity contribution in [3.8, 4) is 6.07 Å². The minimum Gasteiger partial charge on any atom is -0.294 e. The Kier molecular flexibility index (Phi) is 6.05. The van der Waals surface area contributed by atoms with E-state index in [4.69, 9.17) is 5.26 Å². The molecule has 2 aromatic rings. The smallest absolute Gasteiger partial charge is 0.167 e. The second-order valence-electron chi connectivity index (χ2n) is 5.87. The number of nitrogens with zero attached hydrogens (tertiary/aromatic N) is 2. The first-order chi connectivity index (χ1) is 11.2. The van der Waals surface area contributed by atoms with Crippen molar-refractivity contribution in [2.45, 2.75) is 39.5 Å². The van der Waals surface area contributed by atoms with E-state index in [9.17, 15) is 4.79 Å². The van der Waals surface area contributed by atoms with Crippen LogP contribution in [0.5, 0.6) is 0 Å². The van der Waals surface area contributed by atoms with Gasteiger partial charge in [-0.05, 0) is 36.1 Å². The summed E-state index contributed by atoms with van der Waals surface area (Å²) in [5, 5.41) is 9.10. The molecule has 0 atom stereocenters. The molecule has 23 heavy (non-hydrogen) atoms. The molecule has 1 aromatic heterocycles. The van der Waals surface area contributed by atoms with Crippen LogP contribution < -0.4 is 0 Å². The lowest BCUT2D eigenvalue weighted by atomic mass is 9.99. The summed E-state index contributed by atoms with van der Waals surface area (Å²) < 4.78 is 0. The third-order valence-corrected chi connectivity index (χ3v) is 3.56. The molecule has 0 amide bonds. The lowest BCUT2D eigenvalue weighted by molar-refractivity contribution is 0.0967. The van der Waals surface area contributed by atoms with Gasteiger partial charge in [0, 0.05) is 30.3 Å². The molecular weight excluding hydrogens is 284 g/mol. The van der Waals surface area contributed by atoms with Gasteiger partial charge < -0.3 is 0 Å². The molecule has 0 spiro atoms. The van der Waals surface area contributed by atoms with Crippen molar-refractivity contribution in [2.75, 3.05) is 0 Å². The molecule has 0 bridgehead atoms. The molecule has 1 aliphatic rings. The van der Waals surface area contributed by atoms with E-state index in [0.29, 0.717) is 17.5 Å². The SMILES string of the molecule is CCC.N#Cc1ccccc1Cc1cncc(C(=O)C2CC2)c1. The van der Waals surface area contributed by atoms with E-state index < -0.39 is 0 Å². The molecule has 3 rings (SSSR count). The molecule has 0 unspecified atom stereocenters. The summed E-state index contributed by atoms with van der Waals surface area (Å²) in [6.45, 7) is 4.25. The Bertz CT molecular complexity index is 712. The summed E-state index contributed by atoms with van der Waals surface area (Å²) in [6.07, 6.45) is 7.28. The maximum absolute atomic E-state index is 12.0. The molecule has 3 nitrogen and oxygen atoms in total. The number of ketones is 1. The Morgan fingerprint density at radius 1 is 1.26 bits per heavy atom. The van der Waals surface area contributed by atoms with Crippen molar-refractivity contribution in [3.05, 3.63) is 65.0 Å². The number of Topliss-reactive ketones (excluding diaryl/α,β-unsaturated/α-hetero) is 1. The Labute approximate surface area is 138 Å². The number of rotatable bonds is 4. The van der Waals surface area contributed by atoms with Crippen LogP contribution in [0, 0.1) is 17.2 Å². The quantitative estimate of drug-likeness (QED) is 0.778. The summed E-state index contributed by atoms with van der Waals surface area (Å²) in [4.78, 5) is 16.2. The highest BCUT2D eigenvalue weighted by molar-refractivity contribution is 5.99. The molecular formula is C20H22N2O. The highest BCUT2D eigenvalue weighted by Crippen LogP contribution is 2.32. The van der Waals surface area contributed by atoms with Gasteiger partial charge in [0.2, 0.25) is 0 Å². The molecule has 3 heteroatoms. The van der Waals surface area contributed by atoms with Gasteiger partial charge in [-0.25, -0.2) is 0 Å². The van der Waals surface area contributed by atoms with Gasteiger partial charge in [0.05, 0.1) is 11.6 Å². The number of nitriles is 1. The van der Waals surface area contributed by atoms with Crippen molar-refractivity contribution < 1.29 is 4.79 Å². The zero-order chi connectivity index (χ0) is 16.7. The van der Waals surface area contributed by atoms with Gasteiger partial charge in [0.1, 0.15) is 0 Å². The van der Waals surface area contributed by atoms with Crippen molar-refractivity contribution in [3.63, 3.8) is 0 Å². The first-order valence-electron chi connectivity index (χ1n) is 8.15. The number of hydrogen-bond donors (Lipinski definition) is 0. The third-order valence-electron chi connectivity index (χ3n) is 3.56. The van der Waals surface area contributed by atoms with E-state index in [-0.39, 0.29) is 11.7 Å². The van der Waals surface area contributed by atoms with Crippen LogP contribution in [-0.4, -0.2) is 10.8 Å². The summed E-state index contributed by atoms with van der Waals surface area (Å²) in [5.74, 6) is 0.409. The second kappa shape index (κ2) is 8.24. The zero-order valence-corrected chi connectivity index (χ0v) is 13.7. The van der Waals surface area contributed by atoms with Gasteiger partial charge >= 0.3 is 0 Å². The minimum absolute atomic E-state index is 0.202. The van der Waals surface area contributed by atoms with E-state index in [0.717, 1.165) is 24.0 Å². The number of aromatic nitrogens is 1. The van der Waals surface area contributed by atoms with Crippen LogP contribution in [0.15, 0.2) is 42.7 Å². The van der Waals surface area contributed by atoms with Crippen LogP contribution in [0.2, 0.25) is 0 Å². The average Bonchev–Trinajstić information content (AvgIpc) is 3.41. The molecule has 1 fully saturated rings. The van der Waals surface area contributed by atoms with Crippen LogP contribution >= 0.6 is 0 Å². The Morgan fingerprint density at radius 2 is 1.96 bits per heavy atom. The number of carbonyl (C=O) groups is 1. The van der Waals surface area contributed by atoms with E-state index >= 15 is 0 Å². The number of pyridine rings is 1. The van der Waals surface area contributed by atoms with Crippen molar-refractivity contribution in [2.24, 2.45) is 5.92 Å². The minimum atomic E-state index is 0.202. The van der Waals surface area contributed by atoms with Crippen LogP contribution in [0.3, 0.4) is 0 Å². The fourth-order valence-corrected chi connectivity index (χ4v) is 2.30. The number of carbonyl (C=O) groups excluding carboxylic acids is 1. The summed E-state index contributed by atoms with van der Waals surface area (Å²) in [5.41, 5.74) is 3.30. The molecule has 1 saturated carbocycles. The highest BCUT2D eigenvalue weighted by Gasteiger charge is 2.30. The van der Waals surface area contributed by atoms with Gasteiger partial charge in [0.25, 0.3) is 0 Å². The van der Waals surface area contributed by atoms with Crippen molar-refractivity contribution in [1.82, 2.24) is 4.98 Å². The first kappa shape index (κ1) is 16.9. The molecule has 118 valence electrons. The zero-order valence-electron chi connectivity index (χ0n) is 13.7. The van der Waals surface area contributed by atoms with E-state index in [1.165, 1.54) is 6.42 Å². The fourth-order valence-electron chi connectivity index (χ4n) is 2.30. The average molecular weight is 306 g/mol. The Hall–Kier alpha value is -2.47. The number of hydrogen-bond acceptors (Lipinski definition) is 3. The van der Waals surface area contributed by atoms with E-state index in [2.05, 4.69) is 24.9 Å². The summed E-state index contributed by atoms with van der Waals surface area (Å²) in [7, 11) is 0. The van der Waals surface area contributed by atoms with Gasteiger partial charge in [-0.15, -0.1) is 0 Å². The predicted octanol–water partition coefficient (Wildman–Crippen LogP) is 4.55. The van der Waals surface area contributed by atoms with Crippen LogP contribution in [0.1, 0.15) is 60.2 Å². The van der Waals surface area contributed by atoms with Gasteiger partial charge in [-0.2, -0.15) is 5.26 Å². The fraction of sp³-hybridized carbons (Fsp3) is 0.350. The first-order valence-corrected chi connectivity index (χ1v) is 8.15. The van der Waals surface area contributed by atoms with E-state index in [1.807, 2.05) is 30.3 Å². The van der Waals surface area contributed by atoms with Gasteiger partial charge in [-0.3, -0.25) is 9.78 Å². The number of benzene rings is 1. The van der Waals surface area contributed by atoms with E-state index in [1.54, 1.807) is 12.4 Å². The molecule has 1 heterocycles. The van der Waals surface area contributed by atoms with Crippen LogP contribution in [-0.2, 0) is 6.42 Å². The monoisotopic (exact) mass is 306 g/mol. The second-order valence-corrected chi connectivity index (χ2v) is 5.87. The lowest BCUT2D eigenvalue weighted by Crippen LogP contribution is -2.03. The molecule has 1 aromatic carbocycles. The normalized spacial score (nSPS) is 12.7. The molecule has 0 N–H and O–H groups in total. The van der Waals surface area contributed by atoms with Crippen LogP contribution in [0.25, 0.3) is 0 Å². The molecule has 0 aliphatic heterocycles. The largest absolute Gasteiger partial charge is 0.294 e. The van der Waals surface area contributed by atoms with Gasteiger partial charge in [0.15, 0.2) is 5.78 Å². The highest BCUT2D eigenvalue weighted by atomic mass is 16.1. The van der Waals surface area contributed by atoms with Crippen molar-refractivity contribution in [1.29, 1.82) is 5.26 Å². The summed E-state index contributed by atoms with van der Waals surface area (Å²) in [6, 6.07) is 11.6. The molecule has 0 radical (unpaired) electrons. The predicted molar refractivity (Wildman–Crippen MR) is 91.2 cm³/mol. The van der Waals surface area contributed by atoms with Gasteiger partial charge in [-0.1, -0.05) is 38.5 Å². The maximum atomic E-state index is 12.0. The topological polar surface area (TPSA) is 53.8 Å². The standard InChI is InChI=1S/C17H14N2O.C3H8/c18-9-15-4-2-1-3-14(15)7-12-8-16(11-19-10-12)17(20)13-5-6-13;1-3-2/h1-4,8,10-11,13H,5-7H2;3H2,1-2H3. The van der Waals surface area contributed by atoms with Crippen molar-refractivity contribution >= 4 is 5.78 Å². The Balaban J connectivity index is 0.000000595. The lowest BCUT2D eigenvalue weighted by Gasteiger charge is -2.05. The maximum Gasteiger partial charge on any atom is 0.167 e.